The molecule has 0 N–H and O–H groups in total. The first-order chi connectivity index (χ1) is 7.31. The van der Waals surface area contributed by atoms with Gasteiger partial charge in [-0.2, -0.15) is 0 Å². The van der Waals surface area contributed by atoms with E-state index in [4.69, 9.17) is 0 Å². The van der Waals surface area contributed by atoms with Gasteiger partial charge in [-0.1, -0.05) is 0 Å². The zero-order chi connectivity index (χ0) is 12.0. The summed E-state index contributed by atoms with van der Waals surface area (Å²) in [5.41, 5.74) is 3.12. The Bertz CT molecular complexity index is 488. The summed E-state index contributed by atoms with van der Waals surface area (Å²) in [6, 6.07) is 0. The summed E-state index contributed by atoms with van der Waals surface area (Å²) < 4.78 is 8.86. The molecule has 2 aliphatic carbocycles. The van der Waals surface area contributed by atoms with Gasteiger partial charge in [-0.25, -0.2) is 0 Å². The van der Waals surface area contributed by atoms with Gasteiger partial charge in [0.1, 0.15) is 0 Å². The van der Waals surface area contributed by atoms with E-state index in [2.05, 4.69) is 54.5 Å². The average molecular weight is 470 g/mol. The van der Waals surface area contributed by atoms with Gasteiger partial charge in [0.15, 0.2) is 0 Å². The monoisotopic (exact) mass is 470 g/mol. The number of halogens is 2. The third-order valence-electron chi connectivity index (χ3n) is 4.27. The minimum Gasteiger partial charge on any atom is -0.147 e. The van der Waals surface area contributed by atoms with Crippen LogP contribution in [0.4, 0.5) is 0 Å². The van der Waals surface area contributed by atoms with Gasteiger partial charge in [-0.05, 0) is 0 Å². The van der Waals surface area contributed by atoms with E-state index >= 15 is 0 Å². The third kappa shape index (κ3) is 3.03. The van der Waals surface area contributed by atoms with E-state index in [0.29, 0.717) is 0 Å². The molecular weight excluding hydrogens is 446 g/mol. The fraction of sp³-hybridized carbons (Fsp3) is 0.429. The van der Waals surface area contributed by atoms with Gasteiger partial charge in [-0.15, -0.1) is 24.8 Å². The molecule has 0 aliphatic heterocycles. The molecule has 0 aromatic rings. The van der Waals surface area contributed by atoms with E-state index < -0.39 is 17.1 Å². The standard InChI is InChI=1S/2C6H7.2CH3.2ClH.Hf.H2Si/c2*1-6-4-2-3-5-6;;;;;;/h2*2,4H,3H2,1H3;2*1H3;2*1H;;1H2. The predicted octanol–water partition coefficient (Wildman–Crippen LogP) is 4.63. The van der Waals surface area contributed by atoms with Crippen LogP contribution in [0.2, 0.25) is 9.36 Å². The van der Waals surface area contributed by atoms with Crippen LogP contribution in [0.15, 0.2) is 42.1 Å². The van der Waals surface area contributed by atoms with E-state index in [1.165, 1.54) is 12.8 Å². The predicted molar refractivity (Wildman–Crippen MR) is 87.7 cm³/mol. The van der Waals surface area contributed by atoms with Crippen molar-refractivity contribution in [1.29, 1.82) is 0 Å². The molecule has 2 aliphatic rings. The Morgan fingerprint density at radius 3 is 1.44 bits per heavy atom. The van der Waals surface area contributed by atoms with Crippen molar-refractivity contribution >= 4 is 31.8 Å². The number of rotatable bonds is 2. The van der Waals surface area contributed by atoms with Gasteiger partial charge >= 0.3 is 102 Å². The van der Waals surface area contributed by atoms with Crippen LogP contribution in [0.3, 0.4) is 0 Å². The third-order valence-corrected chi connectivity index (χ3v) is 29.5. The van der Waals surface area contributed by atoms with Crippen molar-refractivity contribution in [2.75, 3.05) is 0 Å². The van der Waals surface area contributed by atoms with E-state index in [0.717, 1.165) is 0 Å². The minimum atomic E-state index is -2.87. The molecule has 18 heavy (non-hydrogen) atoms. The van der Waals surface area contributed by atoms with Crippen molar-refractivity contribution in [3.05, 3.63) is 42.1 Å². The van der Waals surface area contributed by atoms with Gasteiger partial charge in [0.2, 0.25) is 0 Å². The molecule has 0 amide bonds. The molecule has 0 saturated heterocycles. The maximum atomic E-state index is 2.62. The second kappa shape index (κ2) is 5.95. The summed E-state index contributed by atoms with van der Waals surface area (Å²) in [7, 11) is 0. The zero-order valence-electron chi connectivity index (χ0n) is 11.7. The van der Waals surface area contributed by atoms with Crippen molar-refractivity contribution in [3.63, 3.8) is 0 Å². The Morgan fingerprint density at radius 2 is 1.22 bits per heavy atom. The first-order valence-corrected chi connectivity index (χ1v) is 25.2. The van der Waals surface area contributed by atoms with Crippen molar-refractivity contribution < 1.29 is 17.1 Å². The fourth-order valence-corrected chi connectivity index (χ4v) is 26.8. The molecule has 0 unspecified atom stereocenters. The summed E-state index contributed by atoms with van der Waals surface area (Å²) in [5, 5.41) is 0. The molecule has 0 fully saturated rings. The van der Waals surface area contributed by atoms with Gasteiger partial charge in [-0.3, -0.25) is 0 Å². The quantitative estimate of drug-likeness (QED) is 0.517. The van der Waals surface area contributed by atoms with E-state index in [1.807, 2.05) is 6.66 Å². The average Bonchev–Trinajstić information content (AvgIpc) is 2.73. The molecule has 0 bridgehead atoms. The first-order valence-electron chi connectivity index (χ1n) is 6.12. The molecule has 0 nitrogen and oxygen atoms in total. The topological polar surface area (TPSA) is 0 Å². The molecule has 0 atom stereocenters. The van der Waals surface area contributed by atoms with Crippen LogP contribution in [-0.2, 0) is 17.1 Å². The molecule has 4 heteroatoms. The Balaban J connectivity index is 0.00000144. The maximum Gasteiger partial charge on any atom is -0.147 e. The summed E-state index contributed by atoms with van der Waals surface area (Å²) in [6.45, 7) is 6.96. The van der Waals surface area contributed by atoms with Crippen LogP contribution in [-0.4, -0.2) is 6.94 Å². The Hall–Kier alpha value is 0.627. The zero-order valence-corrected chi connectivity index (χ0v) is 18.4. The van der Waals surface area contributed by atoms with E-state index in [9.17, 15) is 0 Å². The van der Waals surface area contributed by atoms with Crippen LogP contribution in [0, 0.1) is 0 Å². The van der Waals surface area contributed by atoms with Crippen LogP contribution in [0.25, 0.3) is 0 Å². The SMILES string of the molecule is CC1=[C]([Hf]([CH3])([CH3])(=[SiH2])[C]2=C(C)C=CC2)CC=C1.Cl.Cl. The van der Waals surface area contributed by atoms with Crippen molar-refractivity contribution in [3.8, 4) is 0 Å². The normalized spacial score (nSPS) is 19.2. The summed E-state index contributed by atoms with van der Waals surface area (Å²) in [5.74, 6) is 0. The second-order valence-electron chi connectivity index (χ2n) is 6.22. The molecule has 0 spiro atoms. The molecule has 0 aromatic heterocycles. The van der Waals surface area contributed by atoms with Gasteiger partial charge in [0.25, 0.3) is 0 Å². The molecular formula is C14H24Cl2HfSi. The van der Waals surface area contributed by atoms with E-state index in [-0.39, 0.29) is 24.8 Å². The van der Waals surface area contributed by atoms with Crippen LogP contribution >= 0.6 is 24.8 Å². The maximum absolute atomic E-state index is 2.87. The van der Waals surface area contributed by atoms with Gasteiger partial charge in [0, 0.05) is 0 Å². The Morgan fingerprint density at radius 1 is 0.889 bits per heavy atom. The van der Waals surface area contributed by atoms with Crippen LogP contribution in [0.5, 0.6) is 0 Å². The smallest absolute Gasteiger partial charge is 0.147 e. The molecule has 102 valence electrons. The van der Waals surface area contributed by atoms with Crippen LogP contribution in [0.1, 0.15) is 26.7 Å². The molecule has 2 rings (SSSR count). The molecule has 0 heterocycles. The number of hydrogen-bond acceptors (Lipinski definition) is 0. The van der Waals surface area contributed by atoms with Gasteiger partial charge in [0.05, 0.1) is 0 Å². The Labute approximate surface area is 126 Å². The van der Waals surface area contributed by atoms with Crippen molar-refractivity contribution in [1.82, 2.24) is 0 Å². The molecule has 0 aromatic carbocycles. The summed E-state index contributed by atoms with van der Waals surface area (Å²) >= 11 is -2.87. The number of hydrogen-bond donors (Lipinski definition) is 0. The molecule has 0 saturated carbocycles. The summed E-state index contributed by atoms with van der Waals surface area (Å²) in [6.07, 6.45) is 11.8. The first kappa shape index (κ1) is 18.6. The van der Waals surface area contributed by atoms with Gasteiger partial charge < -0.3 is 0 Å². The van der Waals surface area contributed by atoms with Crippen molar-refractivity contribution in [2.24, 2.45) is 0 Å². The minimum absolute atomic E-state index is 0. The summed E-state index contributed by atoms with van der Waals surface area (Å²) in [4.78, 5) is 0. The molecule has 0 radical (unpaired) electrons. The van der Waals surface area contributed by atoms with E-state index in [1.54, 1.807) is 11.1 Å². The van der Waals surface area contributed by atoms with Crippen molar-refractivity contribution in [2.45, 2.75) is 36.0 Å². The fourth-order valence-electron chi connectivity index (χ4n) is 3.33. The Kier molecular flexibility index (Phi) is 6.15. The number of allylic oxidation sites excluding steroid dienone is 8. The second-order valence-corrected chi connectivity index (χ2v) is 47.2. The van der Waals surface area contributed by atoms with Crippen LogP contribution < -0.4 is 0 Å². The largest absolute Gasteiger partial charge is 0.147 e.